The number of halogens is 3. The predicted molar refractivity (Wildman–Crippen MR) is 54.4 cm³/mol. The molecule has 1 unspecified atom stereocenters. The Labute approximate surface area is 100 Å². The van der Waals surface area contributed by atoms with Crippen LogP contribution in [0.4, 0.5) is 13.2 Å². The van der Waals surface area contributed by atoms with Gasteiger partial charge >= 0.3 is 13.8 Å². The summed E-state index contributed by atoms with van der Waals surface area (Å²) in [6, 6.07) is 1.38. The van der Waals surface area contributed by atoms with Gasteiger partial charge in [-0.3, -0.25) is 9.36 Å². The van der Waals surface area contributed by atoms with Gasteiger partial charge in [0.25, 0.3) is 0 Å². The Hall–Kier alpha value is -1.11. The summed E-state index contributed by atoms with van der Waals surface area (Å²) in [5.74, 6) is -2.99. The highest BCUT2D eigenvalue weighted by atomic mass is 31.2. The molecule has 1 aromatic heterocycles. The molecule has 18 heavy (non-hydrogen) atoms. The van der Waals surface area contributed by atoms with E-state index in [0.717, 1.165) is 6.07 Å². The average molecular weight is 286 g/mol. The third kappa shape index (κ3) is 3.97. The van der Waals surface area contributed by atoms with Crippen molar-refractivity contribution in [2.45, 2.75) is 13.1 Å². The lowest BCUT2D eigenvalue weighted by atomic mass is 10.3. The SMILES string of the molecule is CCOP(=O)(O)CC(=O)c1ccc(C(F)(F)F)o1. The van der Waals surface area contributed by atoms with Crippen LogP contribution in [-0.4, -0.2) is 23.4 Å². The Balaban J connectivity index is 2.80. The first-order chi connectivity index (χ1) is 8.15. The van der Waals surface area contributed by atoms with Crippen LogP contribution in [0.5, 0.6) is 0 Å². The summed E-state index contributed by atoms with van der Waals surface area (Å²) in [6.45, 7) is 1.36. The van der Waals surface area contributed by atoms with E-state index < -0.39 is 37.2 Å². The summed E-state index contributed by atoms with van der Waals surface area (Å²) in [7, 11) is -4.14. The van der Waals surface area contributed by atoms with E-state index >= 15 is 0 Å². The fourth-order valence-electron chi connectivity index (χ4n) is 1.15. The van der Waals surface area contributed by atoms with Crippen LogP contribution < -0.4 is 0 Å². The second kappa shape index (κ2) is 5.26. The molecule has 9 heteroatoms. The van der Waals surface area contributed by atoms with Crippen molar-refractivity contribution < 1.29 is 36.4 Å². The minimum atomic E-state index is -4.71. The van der Waals surface area contributed by atoms with Gasteiger partial charge in [0, 0.05) is 0 Å². The fraction of sp³-hybridized carbons (Fsp3) is 0.444. The number of rotatable bonds is 5. The third-order valence-electron chi connectivity index (χ3n) is 1.83. The lowest BCUT2D eigenvalue weighted by Gasteiger charge is -2.08. The maximum absolute atomic E-state index is 12.2. The summed E-state index contributed by atoms with van der Waals surface area (Å²) >= 11 is 0. The maximum atomic E-state index is 12.2. The standard InChI is InChI=1S/C9H10F3O5P/c1-2-16-18(14,15)5-6(13)7-3-4-8(17-7)9(10,11)12/h3-4H,2,5H2,1H3,(H,14,15). The summed E-state index contributed by atoms with van der Waals surface area (Å²) in [5.41, 5.74) is 0. The topological polar surface area (TPSA) is 76.7 Å². The van der Waals surface area contributed by atoms with E-state index in [4.69, 9.17) is 4.89 Å². The minimum absolute atomic E-state index is 0.0903. The van der Waals surface area contributed by atoms with Crippen molar-refractivity contribution in [3.8, 4) is 0 Å². The van der Waals surface area contributed by atoms with Gasteiger partial charge in [-0.2, -0.15) is 13.2 Å². The molecule has 0 aliphatic carbocycles. The van der Waals surface area contributed by atoms with Gasteiger partial charge < -0.3 is 13.8 Å². The Morgan fingerprint density at radius 1 is 1.50 bits per heavy atom. The highest BCUT2D eigenvalue weighted by Gasteiger charge is 2.36. The molecule has 0 saturated carbocycles. The number of carbonyl (C=O) groups is 1. The van der Waals surface area contributed by atoms with Crippen molar-refractivity contribution in [1.82, 2.24) is 0 Å². The van der Waals surface area contributed by atoms with Crippen molar-refractivity contribution >= 4 is 13.4 Å². The van der Waals surface area contributed by atoms with Crippen molar-refractivity contribution in [2.24, 2.45) is 0 Å². The molecule has 0 aliphatic rings. The molecule has 0 bridgehead atoms. The molecule has 0 spiro atoms. The highest BCUT2D eigenvalue weighted by Crippen LogP contribution is 2.42. The Morgan fingerprint density at radius 3 is 2.56 bits per heavy atom. The zero-order valence-electron chi connectivity index (χ0n) is 9.23. The summed E-state index contributed by atoms with van der Waals surface area (Å²) in [4.78, 5) is 20.6. The predicted octanol–water partition coefficient (Wildman–Crippen LogP) is 2.70. The molecule has 0 amide bonds. The lowest BCUT2D eigenvalue weighted by molar-refractivity contribution is -0.153. The number of ketones is 1. The Bertz CT molecular complexity index is 479. The van der Waals surface area contributed by atoms with Gasteiger partial charge in [0.2, 0.25) is 11.5 Å². The summed E-state index contributed by atoms with van der Waals surface area (Å²) in [6.07, 6.45) is -5.63. The first-order valence-electron chi connectivity index (χ1n) is 4.82. The monoisotopic (exact) mass is 286 g/mol. The molecule has 0 aromatic carbocycles. The number of furan rings is 1. The van der Waals surface area contributed by atoms with Gasteiger partial charge in [0.1, 0.15) is 6.16 Å². The van der Waals surface area contributed by atoms with Crippen molar-refractivity contribution in [3.63, 3.8) is 0 Å². The van der Waals surface area contributed by atoms with Gasteiger partial charge in [-0.15, -0.1) is 0 Å². The molecule has 1 atom stereocenters. The molecule has 0 aliphatic heterocycles. The van der Waals surface area contributed by atoms with E-state index in [1.54, 1.807) is 0 Å². The average Bonchev–Trinajstić information content (AvgIpc) is 2.63. The molecule has 1 heterocycles. The Morgan fingerprint density at radius 2 is 2.11 bits per heavy atom. The van der Waals surface area contributed by atoms with Gasteiger partial charge in [0.15, 0.2) is 5.76 Å². The molecule has 1 rings (SSSR count). The van der Waals surface area contributed by atoms with Crippen molar-refractivity contribution in [2.75, 3.05) is 12.8 Å². The molecule has 0 saturated heterocycles. The van der Waals surface area contributed by atoms with E-state index in [0.29, 0.717) is 6.07 Å². The zero-order valence-corrected chi connectivity index (χ0v) is 10.1. The van der Waals surface area contributed by atoms with E-state index in [1.807, 2.05) is 0 Å². The van der Waals surface area contributed by atoms with Gasteiger partial charge in [-0.1, -0.05) is 0 Å². The molecule has 1 aromatic rings. The number of hydrogen-bond acceptors (Lipinski definition) is 4. The van der Waals surface area contributed by atoms with E-state index in [9.17, 15) is 22.5 Å². The quantitative estimate of drug-likeness (QED) is 0.665. The van der Waals surface area contributed by atoms with Gasteiger partial charge in [-0.25, -0.2) is 0 Å². The van der Waals surface area contributed by atoms with Crippen LogP contribution in [0.3, 0.4) is 0 Å². The lowest BCUT2D eigenvalue weighted by Crippen LogP contribution is -2.07. The van der Waals surface area contributed by atoms with Crippen LogP contribution in [0.1, 0.15) is 23.2 Å². The largest absolute Gasteiger partial charge is 0.449 e. The molecule has 0 radical (unpaired) electrons. The molecule has 5 nitrogen and oxygen atoms in total. The summed E-state index contributed by atoms with van der Waals surface area (Å²) < 4.78 is 56.5. The van der Waals surface area contributed by atoms with Gasteiger partial charge in [0.05, 0.1) is 6.61 Å². The maximum Gasteiger partial charge on any atom is 0.449 e. The smallest absolute Gasteiger partial charge is 0.448 e. The van der Waals surface area contributed by atoms with E-state index in [1.165, 1.54) is 6.92 Å². The normalized spacial score (nSPS) is 15.4. The number of carbonyl (C=O) groups excluding carboxylic acids is 1. The van der Waals surface area contributed by atoms with Crippen molar-refractivity contribution in [1.29, 1.82) is 0 Å². The first-order valence-corrected chi connectivity index (χ1v) is 6.58. The van der Waals surface area contributed by atoms with Crippen molar-refractivity contribution in [3.05, 3.63) is 23.7 Å². The third-order valence-corrected chi connectivity index (χ3v) is 3.18. The van der Waals surface area contributed by atoms with Crippen LogP contribution >= 0.6 is 7.60 Å². The fourth-order valence-corrected chi connectivity index (χ4v) is 2.16. The van der Waals surface area contributed by atoms with Crippen LogP contribution in [-0.2, 0) is 15.3 Å². The minimum Gasteiger partial charge on any atom is -0.448 e. The zero-order chi connectivity index (χ0) is 14.0. The van der Waals surface area contributed by atoms with E-state index in [2.05, 4.69) is 8.94 Å². The molecule has 102 valence electrons. The number of hydrogen-bond donors (Lipinski definition) is 1. The van der Waals surface area contributed by atoms with E-state index in [-0.39, 0.29) is 6.61 Å². The second-order valence-corrected chi connectivity index (χ2v) is 5.15. The van der Waals surface area contributed by atoms with Gasteiger partial charge in [-0.05, 0) is 19.1 Å². The second-order valence-electron chi connectivity index (χ2n) is 3.30. The molecule has 1 N–H and O–H groups in total. The Kier molecular flexibility index (Phi) is 4.37. The number of Topliss-reactive ketones (excluding diaryl/α,β-unsaturated/α-hetero) is 1. The van der Waals surface area contributed by atoms with Crippen LogP contribution in [0.2, 0.25) is 0 Å². The summed E-state index contributed by atoms with van der Waals surface area (Å²) in [5, 5.41) is 0. The van der Waals surface area contributed by atoms with Crippen LogP contribution in [0.15, 0.2) is 16.5 Å². The molecular weight excluding hydrogens is 276 g/mol. The molecular formula is C9H10F3O5P. The number of alkyl halides is 3. The van der Waals surface area contributed by atoms with Crippen LogP contribution in [0, 0.1) is 0 Å². The highest BCUT2D eigenvalue weighted by molar-refractivity contribution is 7.53. The van der Waals surface area contributed by atoms with Crippen LogP contribution in [0.25, 0.3) is 0 Å². The molecule has 0 fully saturated rings. The first kappa shape index (κ1) is 14.9.